The third-order valence-corrected chi connectivity index (χ3v) is 3.82. The van der Waals surface area contributed by atoms with E-state index in [4.69, 9.17) is 4.74 Å². The van der Waals surface area contributed by atoms with Gasteiger partial charge >= 0.3 is 12.2 Å². The van der Waals surface area contributed by atoms with Gasteiger partial charge in [-0.05, 0) is 30.3 Å². The largest absolute Gasteiger partial charge is 0.472 e. The topological polar surface area (TPSA) is 54.5 Å². The number of urea groups is 1. The minimum absolute atomic E-state index is 0.159. The van der Waals surface area contributed by atoms with Gasteiger partial charge in [-0.2, -0.15) is 13.2 Å². The van der Waals surface area contributed by atoms with E-state index in [1.54, 1.807) is 23.2 Å². The molecular formula is C17H16F3N3O2. The van der Waals surface area contributed by atoms with E-state index in [0.717, 1.165) is 12.1 Å². The van der Waals surface area contributed by atoms with Gasteiger partial charge in [0.1, 0.15) is 6.10 Å². The number of aromatic nitrogens is 1. The van der Waals surface area contributed by atoms with Crippen molar-refractivity contribution < 1.29 is 22.7 Å². The molecule has 2 amide bonds. The van der Waals surface area contributed by atoms with Gasteiger partial charge in [-0.25, -0.2) is 9.78 Å². The molecular weight excluding hydrogens is 335 g/mol. The highest BCUT2D eigenvalue weighted by atomic mass is 19.4. The van der Waals surface area contributed by atoms with Gasteiger partial charge in [0.2, 0.25) is 5.88 Å². The van der Waals surface area contributed by atoms with Crippen molar-refractivity contribution in [1.29, 1.82) is 0 Å². The second kappa shape index (κ2) is 7.00. The van der Waals surface area contributed by atoms with E-state index >= 15 is 0 Å². The zero-order valence-electron chi connectivity index (χ0n) is 13.2. The average molecular weight is 351 g/mol. The summed E-state index contributed by atoms with van der Waals surface area (Å²) in [6, 6.07) is 9.31. The lowest BCUT2D eigenvalue weighted by atomic mass is 10.2. The predicted molar refractivity (Wildman–Crippen MR) is 85.3 cm³/mol. The summed E-state index contributed by atoms with van der Waals surface area (Å²) in [6.07, 6.45) is -2.27. The predicted octanol–water partition coefficient (Wildman–Crippen LogP) is 3.79. The van der Waals surface area contributed by atoms with E-state index < -0.39 is 11.7 Å². The van der Waals surface area contributed by atoms with Crippen LogP contribution in [-0.4, -0.2) is 35.1 Å². The maximum atomic E-state index is 12.5. The summed E-state index contributed by atoms with van der Waals surface area (Å²) in [6.45, 7) is 0.896. The molecule has 1 unspecified atom stereocenters. The minimum Gasteiger partial charge on any atom is -0.472 e. The maximum Gasteiger partial charge on any atom is 0.416 e. The lowest BCUT2D eigenvalue weighted by Gasteiger charge is -2.18. The molecule has 8 heteroatoms. The Bertz CT molecular complexity index is 720. The summed E-state index contributed by atoms with van der Waals surface area (Å²) in [4.78, 5) is 17.9. The Hall–Kier alpha value is -2.77. The third kappa shape index (κ3) is 4.40. The number of ether oxygens (including phenoxy) is 1. The molecule has 1 aromatic carbocycles. The number of carbonyl (C=O) groups excluding carboxylic acids is 1. The summed E-state index contributed by atoms with van der Waals surface area (Å²) >= 11 is 0. The van der Waals surface area contributed by atoms with Crippen molar-refractivity contribution in [1.82, 2.24) is 9.88 Å². The molecule has 1 N–H and O–H groups in total. The molecule has 25 heavy (non-hydrogen) atoms. The average Bonchev–Trinajstić information content (AvgIpc) is 3.04. The molecule has 5 nitrogen and oxygen atoms in total. The number of benzene rings is 1. The number of halogens is 3. The van der Waals surface area contributed by atoms with Crippen LogP contribution in [0.1, 0.15) is 12.0 Å². The van der Waals surface area contributed by atoms with Crippen LogP contribution in [0.2, 0.25) is 0 Å². The summed E-state index contributed by atoms with van der Waals surface area (Å²) in [7, 11) is 0. The molecule has 132 valence electrons. The lowest BCUT2D eigenvalue weighted by Crippen LogP contribution is -2.34. The van der Waals surface area contributed by atoms with Gasteiger partial charge in [-0.1, -0.05) is 6.07 Å². The quantitative estimate of drug-likeness (QED) is 0.915. The number of likely N-dealkylation sites (tertiary alicyclic amines) is 1. The Morgan fingerprint density at radius 1 is 1.20 bits per heavy atom. The number of carbonyl (C=O) groups is 1. The van der Waals surface area contributed by atoms with E-state index in [-0.39, 0.29) is 12.1 Å². The van der Waals surface area contributed by atoms with Crippen LogP contribution in [0.5, 0.6) is 5.88 Å². The minimum atomic E-state index is -4.40. The Morgan fingerprint density at radius 3 is 2.60 bits per heavy atom. The Morgan fingerprint density at radius 2 is 1.96 bits per heavy atom. The Kier molecular flexibility index (Phi) is 4.78. The smallest absolute Gasteiger partial charge is 0.416 e. The summed E-state index contributed by atoms with van der Waals surface area (Å²) in [5.41, 5.74) is -0.442. The highest BCUT2D eigenvalue weighted by Crippen LogP contribution is 2.30. The molecule has 1 atom stereocenters. The Labute approximate surface area is 142 Å². The van der Waals surface area contributed by atoms with E-state index in [9.17, 15) is 18.0 Å². The number of hydrogen-bond acceptors (Lipinski definition) is 3. The monoisotopic (exact) mass is 351 g/mol. The highest BCUT2D eigenvalue weighted by Gasteiger charge is 2.30. The molecule has 1 aliphatic rings. The molecule has 1 fully saturated rings. The summed E-state index contributed by atoms with van der Waals surface area (Å²) < 4.78 is 43.3. The van der Waals surface area contributed by atoms with E-state index in [1.807, 2.05) is 6.07 Å². The number of nitrogens with zero attached hydrogens (tertiary/aromatic N) is 2. The molecule has 1 aromatic heterocycles. The number of pyridine rings is 1. The van der Waals surface area contributed by atoms with Crippen LogP contribution in [0.25, 0.3) is 0 Å². The first-order valence-electron chi connectivity index (χ1n) is 7.73. The molecule has 3 rings (SSSR count). The zero-order chi connectivity index (χ0) is 17.9. The molecule has 1 aliphatic heterocycles. The molecule has 0 spiro atoms. The standard InChI is InChI=1S/C17H16F3N3O2/c18-17(19,20)12-4-6-13(7-5-12)22-16(24)23-10-8-14(11-23)25-15-3-1-2-9-21-15/h1-7,9,14H,8,10-11H2,(H,22,24). The molecule has 1 saturated heterocycles. The van der Waals surface area contributed by atoms with E-state index in [1.165, 1.54) is 12.1 Å². The summed E-state index contributed by atoms with van der Waals surface area (Å²) in [5.74, 6) is 0.498. The summed E-state index contributed by atoms with van der Waals surface area (Å²) in [5, 5.41) is 2.60. The van der Waals surface area contributed by atoms with Gasteiger partial charge in [0.05, 0.1) is 12.1 Å². The van der Waals surface area contributed by atoms with E-state index in [2.05, 4.69) is 10.3 Å². The van der Waals surface area contributed by atoms with Gasteiger partial charge in [-0.15, -0.1) is 0 Å². The van der Waals surface area contributed by atoms with Crippen LogP contribution >= 0.6 is 0 Å². The van der Waals surface area contributed by atoms with Crippen LogP contribution in [0.4, 0.5) is 23.7 Å². The van der Waals surface area contributed by atoms with Crippen molar-refractivity contribution >= 4 is 11.7 Å². The SMILES string of the molecule is O=C(Nc1ccc(C(F)(F)F)cc1)N1CCC(Oc2ccccn2)C1. The number of amides is 2. The van der Waals surface area contributed by atoms with E-state index in [0.29, 0.717) is 31.1 Å². The third-order valence-electron chi connectivity index (χ3n) is 3.82. The van der Waals surface area contributed by atoms with Crippen molar-refractivity contribution in [3.63, 3.8) is 0 Å². The van der Waals surface area contributed by atoms with Crippen molar-refractivity contribution in [2.45, 2.75) is 18.7 Å². The van der Waals surface area contributed by atoms with Crippen molar-refractivity contribution in [3.05, 3.63) is 54.2 Å². The zero-order valence-corrected chi connectivity index (χ0v) is 13.2. The maximum absolute atomic E-state index is 12.5. The fraction of sp³-hybridized carbons (Fsp3) is 0.294. The second-order valence-electron chi connectivity index (χ2n) is 5.65. The number of nitrogens with one attached hydrogen (secondary N) is 1. The highest BCUT2D eigenvalue weighted by molar-refractivity contribution is 5.89. The normalized spacial score (nSPS) is 17.4. The van der Waals surface area contributed by atoms with Crippen LogP contribution in [0, 0.1) is 0 Å². The van der Waals surface area contributed by atoms with Gasteiger partial charge in [0.25, 0.3) is 0 Å². The second-order valence-corrected chi connectivity index (χ2v) is 5.65. The van der Waals surface area contributed by atoms with Crippen LogP contribution in [-0.2, 0) is 6.18 Å². The molecule has 0 bridgehead atoms. The molecule has 0 radical (unpaired) electrons. The first-order chi connectivity index (χ1) is 11.9. The lowest BCUT2D eigenvalue weighted by molar-refractivity contribution is -0.137. The molecule has 0 saturated carbocycles. The van der Waals surface area contributed by atoms with Crippen molar-refractivity contribution in [2.24, 2.45) is 0 Å². The Balaban J connectivity index is 1.54. The number of alkyl halides is 3. The van der Waals surface area contributed by atoms with Crippen molar-refractivity contribution in [3.8, 4) is 5.88 Å². The molecule has 0 aliphatic carbocycles. The van der Waals surface area contributed by atoms with Gasteiger partial charge in [0, 0.05) is 30.9 Å². The van der Waals surface area contributed by atoms with Gasteiger partial charge < -0.3 is 15.0 Å². The number of hydrogen-bond donors (Lipinski definition) is 1. The fourth-order valence-electron chi connectivity index (χ4n) is 2.54. The van der Waals surface area contributed by atoms with Crippen LogP contribution < -0.4 is 10.1 Å². The molecule has 2 heterocycles. The number of rotatable bonds is 3. The first kappa shape index (κ1) is 17.1. The van der Waals surface area contributed by atoms with Crippen LogP contribution in [0.3, 0.4) is 0 Å². The first-order valence-corrected chi connectivity index (χ1v) is 7.73. The van der Waals surface area contributed by atoms with Crippen LogP contribution in [0.15, 0.2) is 48.7 Å². The van der Waals surface area contributed by atoms with Gasteiger partial charge in [-0.3, -0.25) is 0 Å². The fourth-order valence-corrected chi connectivity index (χ4v) is 2.54. The molecule has 2 aromatic rings. The number of anilines is 1. The van der Waals surface area contributed by atoms with Crippen molar-refractivity contribution in [2.75, 3.05) is 18.4 Å². The van der Waals surface area contributed by atoms with Gasteiger partial charge in [0.15, 0.2) is 0 Å².